The smallest absolute Gasteiger partial charge is 0.321 e. The van der Waals surface area contributed by atoms with Gasteiger partial charge in [-0.15, -0.1) is 0 Å². The SMILES string of the molecule is Cc1cccc2cc(CN(C(=O)Nc3ccc(F)cc3)C3CCCCC3)c(=O)[nH]c12. The number of H-pyrrole nitrogens is 1. The number of aryl methyl sites for hydroxylation is 1. The molecule has 1 aliphatic rings. The molecule has 0 saturated heterocycles. The average Bonchev–Trinajstić information content (AvgIpc) is 2.75. The second kappa shape index (κ2) is 8.69. The van der Waals surface area contributed by atoms with Crippen LogP contribution < -0.4 is 10.9 Å². The highest BCUT2D eigenvalue weighted by molar-refractivity contribution is 5.89. The van der Waals surface area contributed by atoms with E-state index in [0.29, 0.717) is 11.3 Å². The highest BCUT2D eigenvalue weighted by atomic mass is 19.1. The molecule has 0 aliphatic heterocycles. The fraction of sp³-hybridized carbons (Fsp3) is 0.333. The molecule has 5 nitrogen and oxygen atoms in total. The van der Waals surface area contributed by atoms with Crippen molar-refractivity contribution in [2.45, 2.75) is 51.6 Å². The Morgan fingerprint density at radius 1 is 1.13 bits per heavy atom. The minimum Gasteiger partial charge on any atom is -0.321 e. The molecule has 30 heavy (non-hydrogen) atoms. The van der Waals surface area contributed by atoms with Gasteiger partial charge in [-0.1, -0.05) is 37.5 Å². The zero-order valence-corrected chi connectivity index (χ0v) is 17.1. The van der Waals surface area contributed by atoms with Gasteiger partial charge in [0.05, 0.1) is 12.1 Å². The lowest BCUT2D eigenvalue weighted by Gasteiger charge is -2.34. The number of nitrogens with one attached hydrogen (secondary N) is 2. The number of aromatic amines is 1. The molecule has 156 valence electrons. The second-order valence-corrected chi connectivity index (χ2v) is 8.02. The van der Waals surface area contributed by atoms with Gasteiger partial charge in [0.2, 0.25) is 0 Å². The van der Waals surface area contributed by atoms with Gasteiger partial charge in [0.1, 0.15) is 5.82 Å². The van der Waals surface area contributed by atoms with Crippen LogP contribution in [0.5, 0.6) is 0 Å². The Bertz CT molecular complexity index is 1100. The van der Waals surface area contributed by atoms with Crippen LogP contribution >= 0.6 is 0 Å². The van der Waals surface area contributed by atoms with E-state index in [0.717, 1.165) is 42.1 Å². The molecule has 0 spiro atoms. The third kappa shape index (κ3) is 4.37. The Kier molecular flexibility index (Phi) is 5.84. The van der Waals surface area contributed by atoms with E-state index in [9.17, 15) is 14.0 Å². The third-order valence-corrected chi connectivity index (χ3v) is 5.88. The van der Waals surface area contributed by atoms with Crippen molar-refractivity contribution in [2.24, 2.45) is 0 Å². The van der Waals surface area contributed by atoms with Crippen molar-refractivity contribution >= 4 is 22.6 Å². The molecule has 1 saturated carbocycles. The molecule has 4 rings (SSSR count). The first-order valence-electron chi connectivity index (χ1n) is 10.5. The van der Waals surface area contributed by atoms with Gasteiger partial charge in [0, 0.05) is 17.3 Å². The molecule has 1 aromatic heterocycles. The number of fused-ring (bicyclic) bond motifs is 1. The van der Waals surface area contributed by atoms with Crippen LogP contribution in [0.2, 0.25) is 0 Å². The van der Waals surface area contributed by atoms with E-state index < -0.39 is 0 Å². The zero-order chi connectivity index (χ0) is 21.1. The summed E-state index contributed by atoms with van der Waals surface area (Å²) in [5.74, 6) is -0.352. The van der Waals surface area contributed by atoms with Crippen molar-refractivity contribution in [3.63, 3.8) is 0 Å². The van der Waals surface area contributed by atoms with Crippen molar-refractivity contribution in [3.05, 3.63) is 75.8 Å². The number of carbonyl (C=O) groups is 1. The summed E-state index contributed by atoms with van der Waals surface area (Å²) in [5, 5.41) is 3.81. The molecule has 1 aliphatic carbocycles. The first kappa shape index (κ1) is 20.1. The monoisotopic (exact) mass is 407 g/mol. The molecule has 2 N–H and O–H groups in total. The molecule has 2 amide bonds. The summed E-state index contributed by atoms with van der Waals surface area (Å²) < 4.78 is 13.2. The number of urea groups is 1. The van der Waals surface area contributed by atoms with Gasteiger partial charge in [0.15, 0.2) is 0 Å². The van der Waals surface area contributed by atoms with E-state index in [-0.39, 0.29) is 30.0 Å². The van der Waals surface area contributed by atoms with Gasteiger partial charge in [-0.25, -0.2) is 9.18 Å². The number of para-hydroxylation sites is 1. The Morgan fingerprint density at radius 3 is 2.60 bits per heavy atom. The number of carbonyl (C=O) groups excluding carboxylic acids is 1. The van der Waals surface area contributed by atoms with E-state index in [1.54, 1.807) is 4.90 Å². The van der Waals surface area contributed by atoms with Gasteiger partial charge in [0.25, 0.3) is 5.56 Å². The highest BCUT2D eigenvalue weighted by Crippen LogP contribution is 2.25. The Hall–Kier alpha value is -3.15. The Morgan fingerprint density at radius 2 is 1.87 bits per heavy atom. The predicted molar refractivity (Wildman–Crippen MR) is 117 cm³/mol. The Labute approximate surface area is 174 Å². The summed E-state index contributed by atoms with van der Waals surface area (Å²) in [7, 11) is 0. The molecule has 0 atom stereocenters. The quantitative estimate of drug-likeness (QED) is 0.613. The van der Waals surface area contributed by atoms with E-state index >= 15 is 0 Å². The number of pyridine rings is 1. The number of hydrogen-bond acceptors (Lipinski definition) is 2. The van der Waals surface area contributed by atoms with Crippen LogP contribution in [0, 0.1) is 12.7 Å². The summed E-state index contributed by atoms with van der Waals surface area (Å²) in [6, 6.07) is 13.3. The first-order chi connectivity index (χ1) is 14.5. The van der Waals surface area contributed by atoms with Gasteiger partial charge in [-0.2, -0.15) is 0 Å². The molecule has 0 radical (unpaired) electrons. The average molecular weight is 407 g/mol. The summed E-state index contributed by atoms with van der Waals surface area (Å²) in [6.07, 6.45) is 5.14. The normalized spacial score (nSPS) is 14.6. The number of halogens is 1. The molecule has 0 unspecified atom stereocenters. The summed E-state index contributed by atoms with van der Waals surface area (Å²) in [4.78, 5) is 30.6. The summed E-state index contributed by atoms with van der Waals surface area (Å²) >= 11 is 0. The lowest BCUT2D eigenvalue weighted by atomic mass is 9.94. The Balaban J connectivity index is 1.63. The number of anilines is 1. The lowest BCUT2D eigenvalue weighted by molar-refractivity contribution is 0.162. The largest absolute Gasteiger partial charge is 0.322 e. The standard InChI is InChI=1S/C24H26FN3O2/c1-16-6-5-7-17-14-18(23(29)27-22(16)17)15-28(21-8-3-2-4-9-21)24(30)26-20-12-10-19(25)11-13-20/h5-7,10-14,21H,2-4,8-9,15H2,1H3,(H,26,30)(H,27,29). The zero-order valence-electron chi connectivity index (χ0n) is 17.1. The number of hydrogen-bond donors (Lipinski definition) is 2. The van der Waals surface area contributed by atoms with Crippen molar-refractivity contribution in [3.8, 4) is 0 Å². The van der Waals surface area contributed by atoms with Crippen LogP contribution in [-0.2, 0) is 6.54 Å². The van der Waals surface area contributed by atoms with Crippen molar-refractivity contribution in [1.82, 2.24) is 9.88 Å². The van der Waals surface area contributed by atoms with E-state index in [1.165, 1.54) is 30.7 Å². The maximum Gasteiger partial charge on any atom is 0.322 e. The van der Waals surface area contributed by atoms with Crippen LogP contribution in [0.3, 0.4) is 0 Å². The number of benzene rings is 2. The number of nitrogens with zero attached hydrogens (tertiary/aromatic N) is 1. The molecule has 3 aromatic rings. The number of aromatic nitrogens is 1. The van der Waals surface area contributed by atoms with E-state index in [1.807, 2.05) is 31.2 Å². The molecule has 0 bridgehead atoms. The lowest BCUT2D eigenvalue weighted by Crippen LogP contribution is -2.44. The van der Waals surface area contributed by atoms with Crippen LogP contribution in [0.4, 0.5) is 14.9 Å². The fourth-order valence-corrected chi connectivity index (χ4v) is 4.22. The number of amides is 2. The maximum absolute atomic E-state index is 13.2. The summed E-state index contributed by atoms with van der Waals surface area (Å²) in [6.45, 7) is 2.19. The predicted octanol–water partition coefficient (Wildman–Crippen LogP) is 5.34. The van der Waals surface area contributed by atoms with Gasteiger partial charge in [-0.3, -0.25) is 4.79 Å². The number of rotatable bonds is 4. The molecule has 2 aromatic carbocycles. The minimum atomic E-state index is -0.352. The van der Waals surface area contributed by atoms with Gasteiger partial charge < -0.3 is 15.2 Å². The molecule has 6 heteroatoms. The molecular formula is C24H26FN3O2. The fourth-order valence-electron chi connectivity index (χ4n) is 4.22. The molecule has 1 heterocycles. The van der Waals surface area contributed by atoms with Crippen LogP contribution in [0.1, 0.15) is 43.2 Å². The van der Waals surface area contributed by atoms with Crippen LogP contribution in [0.15, 0.2) is 53.3 Å². The minimum absolute atomic E-state index is 0.0757. The van der Waals surface area contributed by atoms with E-state index in [2.05, 4.69) is 10.3 Å². The first-order valence-corrected chi connectivity index (χ1v) is 10.5. The van der Waals surface area contributed by atoms with Crippen molar-refractivity contribution in [1.29, 1.82) is 0 Å². The van der Waals surface area contributed by atoms with Crippen molar-refractivity contribution in [2.75, 3.05) is 5.32 Å². The second-order valence-electron chi connectivity index (χ2n) is 8.02. The van der Waals surface area contributed by atoms with Gasteiger partial charge in [-0.05, 0) is 61.0 Å². The third-order valence-electron chi connectivity index (χ3n) is 5.88. The van der Waals surface area contributed by atoms with Crippen LogP contribution in [0.25, 0.3) is 10.9 Å². The van der Waals surface area contributed by atoms with Crippen LogP contribution in [-0.4, -0.2) is 22.0 Å². The van der Waals surface area contributed by atoms with Gasteiger partial charge >= 0.3 is 6.03 Å². The van der Waals surface area contributed by atoms with Crippen molar-refractivity contribution < 1.29 is 9.18 Å². The molecule has 1 fully saturated rings. The molecular weight excluding hydrogens is 381 g/mol. The summed E-state index contributed by atoms with van der Waals surface area (Å²) in [5.41, 5.74) is 2.76. The maximum atomic E-state index is 13.2. The van der Waals surface area contributed by atoms with E-state index in [4.69, 9.17) is 0 Å². The topological polar surface area (TPSA) is 65.2 Å². The highest BCUT2D eigenvalue weighted by Gasteiger charge is 2.26.